The normalized spacial score (nSPS) is 10.4. The van der Waals surface area contributed by atoms with Gasteiger partial charge < -0.3 is 10.6 Å². The minimum absolute atomic E-state index is 0.0653. The van der Waals surface area contributed by atoms with E-state index in [1.54, 1.807) is 18.2 Å². The van der Waals surface area contributed by atoms with Crippen LogP contribution in [-0.2, 0) is 6.42 Å². The number of carbonyl (C=O) groups excluding carboxylic acids is 2. The Bertz CT molecular complexity index is 974. The first kappa shape index (κ1) is 19.2. The van der Waals surface area contributed by atoms with Gasteiger partial charge in [0.1, 0.15) is 23.0 Å². The summed E-state index contributed by atoms with van der Waals surface area (Å²) in [5, 5.41) is 5.31. The van der Waals surface area contributed by atoms with Crippen LogP contribution in [0.1, 0.15) is 26.5 Å². The molecule has 3 aromatic rings. The van der Waals surface area contributed by atoms with Crippen LogP contribution < -0.4 is 10.6 Å². The first-order chi connectivity index (χ1) is 13.5. The number of rotatable bonds is 6. The van der Waals surface area contributed by atoms with Gasteiger partial charge in [0.05, 0.1) is 0 Å². The quantitative estimate of drug-likeness (QED) is 0.686. The van der Waals surface area contributed by atoms with Gasteiger partial charge in [0.15, 0.2) is 0 Å². The fourth-order valence-electron chi connectivity index (χ4n) is 2.48. The molecule has 0 atom stereocenters. The SMILES string of the molecule is O=C(NCCc1ccc(F)cc1)c1cccc(C(=O)Nc2ccc(F)cc2)n1. The van der Waals surface area contributed by atoms with Crippen molar-refractivity contribution in [1.29, 1.82) is 0 Å². The lowest BCUT2D eigenvalue weighted by Gasteiger charge is -2.07. The predicted molar refractivity (Wildman–Crippen MR) is 101 cm³/mol. The molecule has 142 valence electrons. The number of aromatic nitrogens is 1. The number of nitrogens with zero attached hydrogens (tertiary/aromatic N) is 1. The van der Waals surface area contributed by atoms with E-state index >= 15 is 0 Å². The zero-order valence-corrected chi connectivity index (χ0v) is 14.8. The summed E-state index contributed by atoms with van der Waals surface area (Å²) in [6, 6.07) is 15.9. The Balaban J connectivity index is 1.58. The highest BCUT2D eigenvalue weighted by Crippen LogP contribution is 2.10. The predicted octanol–water partition coefficient (Wildman–Crippen LogP) is 3.58. The summed E-state index contributed by atoms with van der Waals surface area (Å²) in [6.07, 6.45) is 0.538. The topological polar surface area (TPSA) is 71.1 Å². The van der Waals surface area contributed by atoms with E-state index < -0.39 is 17.6 Å². The zero-order valence-electron chi connectivity index (χ0n) is 14.8. The number of halogens is 2. The lowest BCUT2D eigenvalue weighted by molar-refractivity contribution is 0.0949. The molecule has 0 spiro atoms. The Morgan fingerprint density at radius 1 is 0.786 bits per heavy atom. The number of amides is 2. The third-order valence-electron chi connectivity index (χ3n) is 3.93. The molecule has 0 aliphatic heterocycles. The molecule has 1 aromatic heterocycles. The molecule has 0 aliphatic carbocycles. The van der Waals surface area contributed by atoms with Crippen LogP contribution in [-0.4, -0.2) is 23.3 Å². The second-order valence-corrected chi connectivity index (χ2v) is 6.00. The molecule has 0 fully saturated rings. The summed E-state index contributed by atoms with van der Waals surface area (Å²) in [6.45, 7) is 0.345. The molecule has 3 rings (SSSR count). The largest absolute Gasteiger partial charge is 0.350 e. The summed E-state index contributed by atoms with van der Waals surface area (Å²) in [5.74, 6) is -1.64. The molecule has 0 saturated heterocycles. The Hall–Kier alpha value is -3.61. The van der Waals surface area contributed by atoms with Crippen LogP contribution in [0.15, 0.2) is 66.7 Å². The van der Waals surface area contributed by atoms with Gasteiger partial charge in [-0.3, -0.25) is 9.59 Å². The lowest BCUT2D eigenvalue weighted by Crippen LogP contribution is -2.27. The van der Waals surface area contributed by atoms with Crippen molar-refractivity contribution in [2.75, 3.05) is 11.9 Å². The Morgan fingerprint density at radius 3 is 2.00 bits per heavy atom. The number of anilines is 1. The van der Waals surface area contributed by atoms with E-state index in [-0.39, 0.29) is 17.2 Å². The molecule has 0 unspecified atom stereocenters. The van der Waals surface area contributed by atoms with E-state index in [4.69, 9.17) is 0 Å². The maximum absolute atomic E-state index is 12.9. The Kier molecular flexibility index (Phi) is 6.06. The number of carbonyl (C=O) groups is 2. The minimum Gasteiger partial charge on any atom is -0.350 e. The van der Waals surface area contributed by atoms with Crippen LogP contribution in [0, 0.1) is 11.6 Å². The number of pyridine rings is 1. The summed E-state index contributed by atoms with van der Waals surface area (Å²) >= 11 is 0. The van der Waals surface area contributed by atoms with Gasteiger partial charge >= 0.3 is 0 Å². The molecule has 2 aromatic carbocycles. The van der Waals surface area contributed by atoms with Crippen molar-refractivity contribution >= 4 is 17.5 Å². The maximum Gasteiger partial charge on any atom is 0.274 e. The summed E-state index contributed by atoms with van der Waals surface area (Å²) in [5.41, 5.74) is 1.48. The van der Waals surface area contributed by atoms with E-state index in [0.717, 1.165) is 5.56 Å². The van der Waals surface area contributed by atoms with Crippen molar-refractivity contribution in [2.24, 2.45) is 0 Å². The molecule has 2 amide bonds. The molecule has 5 nitrogen and oxygen atoms in total. The second kappa shape index (κ2) is 8.85. The third-order valence-corrected chi connectivity index (χ3v) is 3.93. The van der Waals surface area contributed by atoms with Crippen LogP contribution in [0.25, 0.3) is 0 Å². The first-order valence-electron chi connectivity index (χ1n) is 8.58. The van der Waals surface area contributed by atoms with Crippen LogP contribution in [0.4, 0.5) is 14.5 Å². The molecule has 1 heterocycles. The fourth-order valence-corrected chi connectivity index (χ4v) is 2.48. The van der Waals surface area contributed by atoms with Crippen molar-refractivity contribution in [3.8, 4) is 0 Å². The van der Waals surface area contributed by atoms with Crippen LogP contribution in [0.3, 0.4) is 0 Å². The molecule has 2 N–H and O–H groups in total. The highest BCUT2D eigenvalue weighted by Gasteiger charge is 2.12. The average molecular weight is 381 g/mol. The van der Waals surface area contributed by atoms with Gasteiger partial charge in [0.2, 0.25) is 0 Å². The van der Waals surface area contributed by atoms with Gasteiger partial charge in [-0.25, -0.2) is 13.8 Å². The molecular weight excluding hydrogens is 364 g/mol. The lowest BCUT2D eigenvalue weighted by atomic mass is 10.1. The van der Waals surface area contributed by atoms with Gasteiger partial charge in [-0.05, 0) is 60.5 Å². The summed E-state index contributed by atoms with van der Waals surface area (Å²) < 4.78 is 25.8. The summed E-state index contributed by atoms with van der Waals surface area (Å²) in [4.78, 5) is 28.6. The van der Waals surface area contributed by atoms with E-state index in [1.165, 1.54) is 48.5 Å². The summed E-state index contributed by atoms with van der Waals surface area (Å²) in [7, 11) is 0. The number of benzene rings is 2. The Morgan fingerprint density at radius 2 is 1.36 bits per heavy atom. The minimum atomic E-state index is -0.507. The van der Waals surface area contributed by atoms with Gasteiger partial charge in [0.25, 0.3) is 11.8 Å². The van der Waals surface area contributed by atoms with E-state index in [1.807, 2.05) is 0 Å². The van der Waals surface area contributed by atoms with Gasteiger partial charge in [-0.2, -0.15) is 0 Å². The standard InChI is InChI=1S/C21H17F2N3O2/c22-15-6-4-14(5-7-15)12-13-24-20(27)18-2-1-3-19(26-18)21(28)25-17-10-8-16(23)9-11-17/h1-11H,12-13H2,(H,24,27)(H,25,28). The monoisotopic (exact) mass is 381 g/mol. The Labute approximate surface area is 160 Å². The molecule has 7 heteroatoms. The number of nitrogens with one attached hydrogen (secondary N) is 2. The van der Waals surface area contributed by atoms with Crippen molar-refractivity contribution < 1.29 is 18.4 Å². The van der Waals surface area contributed by atoms with Crippen molar-refractivity contribution in [2.45, 2.75) is 6.42 Å². The highest BCUT2D eigenvalue weighted by atomic mass is 19.1. The molecule has 0 bridgehead atoms. The van der Waals surface area contributed by atoms with Crippen LogP contribution >= 0.6 is 0 Å². The van der Waals surface area contributed by atoms with Gasteiger partial charge in [-0.1, -0.05) is 18.2 Å². The van der Waals surface area contributed by atoms with Gasteiger partial charge in [-0.15, -0.1) is 0 Å². The number of hydrogen-bond donors (Lipinski definition) is 2. The van der Waals surface area contributed by atoms with Crippen molar-refractivity contribution in [3.63, 3.8) is 0 Å². The average Bonchev–Trinajstić information content (AvgIpc) is 2.71. The highest BCUT2D eigenvalue weighted by molar-refractivity contribution is 6.03. The zero-order chi connectivity index (χ0) is 19.9. The van der Waals surface area contributed by atoms with E-state index in [9.17, 15) is 18.4 Å². The van der Waals surface area contributed by atoms with Crippen LogP contribution in [0.5, 0.6) is 0 Å². The fraction of sp³-hybridized carbons (Fsp3) is 0.0952. The van der Waals surface area contributed by atoms with Crippen molar-refractivity contribution in [3.05, 3.63) is 95.3 Å². The van der Waals surface area contributed by atoms with Gasteiger partial charge in [0, 0.05) is 12.2 Å². The number of hydrogen-bond acceptors (Lipinski definition) is 3. The molecular formula is C21H17F2N3O2. The molecule has 0 radical (unpaired) electrons. The molecule has 0 aliphatic rings. The molecule has 28 heavy (non-hydrogen) atoms. The van der Waals surface area contributed by atoms with E-state index in [0.29, 0.717) is 18.7 Å². The smallest absolute Gasteiger partial charge is 0.274 e. The van der Waals surface area contributed by atoms with Crippen molar-refractivity contribution in [1.82, 2.24) is 10.3 Å². The first-order valence-corrected chi connectivity index (χ1v) is 8.58. The van der Waals surface area contributed by atoms with Crippen LogP contribution in [0.2, 0.25) is 0 Å². The second-order valence-electron chi connectivity index (χ2n) is 6.00. The molecule has 0 saturated carbocycles. The maximum atomic E-state index is 12.9. The third kappa shape index (κ3) is 5.20. The van der Waals surface area contributed by atoms with E-state index in [2.05, 4.69) is 15.6 Å².